The Morgan fingerprint density at radius 1 is 1.24 bits per heavy atom. The third-order valence-corrected chi connectivity index (χ3v) is 6.36. The first-order chi connectivity index (χ1) is 14.3. The van der Waals surface area contributed by atoms with E-state index >= 15 is 0 Å². The number of rotatable bonds is 7. The quantitative estimate of drug-likeness (QED) is 0.736. The molecule has 0 spiro atoms. The lowest BCUT2D eigenvalue weighted by Crippen LogP contribution is -3.14. The molecule has 1 N–H and O–H groups in total. The number of para-hydroxylation sites is 1. The van der Waals surface area contributed by atoms with Gasteiger partial charge in [0.1, 0.15) is 32.6 Å². The van der Waals surface area contributed by atoms with E-state index < -0.39 is 0 Å². The van der Waals surface area contributed by atoms with Gasteiger partial charge in [-0.3, -0.25) is 9.69 Å². The maximum atomic E-state index is 13.2. The van der Waals surface area contributed by atoms with E-state index in [1.54, 1.807) is 16.2 Å². The normalized spacial score (nSPS) is 17.5. The number of benzene rings is 1. The Balaban J connectivity index is 1.55. The summed E-state index contributed by atoms with van der Waals surface area (Å²) in [7, 11) is 0. The molecule has 7 nitrogen and oxygen atoms in total. The van der Waals surface area contributed by atoms with Crippen LogP contribution >= 0.6 is 11.3 Å². The van der Waals surface area contributed by atoms with Gasteiger partial charge in [0.2, 0.25) is 5.76 Å². The third-order valence-electron chi connectivity index (χ3n) is 5.32. The van der Waals surface area contributed by atoms with Crippen LogP contribution in [0.3, 0.4) is 0 Å². The summed E-state index contributed by atoms with van der Waals surface area (Å²) in [6.07, 6.45) is 3.24. The predicted molar refractivity (Wildman–Crippen MR) is 112 cm³/mol. The van der Waals surface area contributed by atoms with Gasteiger partial charge < -0.3 is 19.1 Å². The highest BCUT2D eigenvalue weighted by Crippen LogP contribution is 2.32. The van der Waals surface area contributed by atoms with Gasteiger partial charge in [-0.15, -0.1) is 0 Å². The average molecular weight is 419 g/mol. The zero-order valence-electron chi connectivity index (χ0n) is 16.8. The highest BCUT2D eigenvalue weighted by molar-refractivity contribution is 7.22. The van der Waals surface area contributed by atoms with E-state index in [1.165, 1.54) is 16.7 Å². The van der Waals surface area contributed by atoms with Gasteiger partial charge in [0.25, 0.3) is 5.91 Å². The van der Waals surface area contributed by atoms with Crippen molar-refractivity contribution in [2.24, 2.45) is 0 Å². The third kappa shape index (κ3) is 4.71. The lowest BCUT2D eigenvalue weighted by molar-refractivity contribution is -0.908. The van der Waals surface area contributed by atoms with Crippen LogP contribution in [0.4, 0.5) is 5.13 Å². The number of ether oxygens (including phenoxy) is 3. The second kappa shape index (κ2) is 9.56. The Hall–Kier alpha value is -2.16. The van der Waals surface area contributed by atoms with Gasteiger partial charge in [0.15, 0.2) is 5.13 Å². The highest BCUT2D eigenvalue weighted by Gasteiger charge is 2.27. The fourth-order valence-corrected chi connectivity index (χ4v) is 4.73. The molecule has 8 heteroatoms. The number of nitrogens with zero attached hydrogens (tertiary/aromatic N) is 2. The van der Waals surface area contributed by atoms with Crippen molar-refractivity contribution in [1.82, 2.24) is 4.98 Å². The number of nitrogens with one attached hydrogen (secondary N) is 1. The summed E-state index contributed by atoms with van der Waals surface area (Å²) in [4.78, 5) is 21.3. The molecule has 1 fully saturated rings. The number of aromatic nitrogens is 1. The van der Waals surface area contributed by atoms with Crippen LogP contribution < -0.4 is 9.80 Å². The predicted octanol–water partition coefficient (Wildman–Crippen LogP) is 1.39. The largest absolute Gasteiger partial charge is 0.494 e. The van der Waals surface area contributed by atoms with Gasteiger partial charge in [-0.1, -0.05) is 30.4 Å². The number of hydrogen-bond donors (Lipinski definition) is 1. The molecule has 1 amide bonds. The van der Waals surface area contributed by atoms with Crippen molar-refractivity contribution in [3.05, 3.63) is 35.8 Å². The van der Waals surface area contributed by atoms with Gasteiger partial charge in [0.05, 0.1) is 30.0 Å². The fraction of sp³-hybridized carbons (Fsp3) is 0.524. The van der Waals surface area contributed by atoms with Crippen molar-refractivity contribution < 1.29 is 23.9 Å². The molecule has 2 aromatic rings. The molecule has 2 aliphatic rings. The first-order valence-corrected chi connectivity index (χ1v) is 11.1. The summed E-state index contributed by atoms with van der Waals surface area (Å²) in [6, 6.07) is 6.22. The minimum absolute atomic E-state index is 0.182. The summed E-state index contributed by atoms with van der Waals surface area (Å²) >= 11 is 1.56. The van der Waals surface area contributed by atoms with E-state index in [4.69, 9.17) is 19.2 Å². The molecule has 1 aromatic heterocycles. The second-order valence-electron chi connectivity index (χ2n) is 7.24. The Kier molecular flexibility index (Phi) is 6.63. The van der Waals surface area contributed by atoms with Crippen LogP contribution in [0.5, 0.6) is 0 Å². The van der Waals surface area contributed by atoms with Gasteiger partial charge in [-0.05, 0) is 18.1 Å². The van der Waals surface area contributed by atoms with Crippen molar-refractivity contribution >= 4 is 32.6 Å². The minimum atomic E-state index is -0.182. The van der Waals surface area contributed by atoms with Gasteiger partial charge in [0, 0.05) is 13.0 Å². The molecular formula is C21H28N3O4S+. The molecule has 1 saturated heterocycles. The van der Waals surface area contributed by atoms with Crippen LogP contribution in [0.15, 0.2) is 30.2 Å². The summed E-state index contributed by atoms with van der Waals surface area (Å²) in [6.45, 7) is 8.27. The Bertz CT molecular complexity index is 876. The molecule has 0 radical (unpaired) electrons. The van der Waals surface area contributed by atoms with Crippen molar-refractivity contribution in [3.63, 3.8) is 0 Å². The molecule has 0 saturated carbocycles. The van der Waals surface area contributed by atoms with Crippen LogP contribution in [0.1, 0.15) is 18.9 Å². The molecule has 0 atom stereocenters. The number of aryl methyl sites for hydroxylation is 1. The van der Waals surface area contributed by atoms with Crippen molar-refractivity contribution in [2.45, 2.75) is 19.8 Å². The number of thiazole rings is 1. The number of carbonyl (C=O) groups is 1. The Morgan fingerprint density at radius 2 is 2.10 bits per heavy atom. The zero-order valence-corrected chi connectivity index (χ0v) is 17.6. The van der Waals surface area contributed by atoms with E-state index in [0.717, 1.165) is 61.0 Å². The molecule has 2 aliphatic heterocycles. The highest BCUT2D eigenvalue weighted by atomic mass is 32.1. The maximum absolute atomic E-state index is 13.2. The molecular weight excluding hydrogens is 390 g/mol. The summed E-state index contributed by atoms with van der Waals surface area (Å²) in [5.41, 5.74) is 2.19. The molecule has 29 heavy (non-hydrogen) atoms. The van der Waals surface area contributed by atoms with Crippen LogP contribution in [0.25, 0.3) is 10.2 Å². The number of anilines is 1. The van der Waals surface area contributed by atoms with E-state index in [9.17, 15) is 4.79 Å². The number of fused-ring (bicyclic) bond motifs is 1. The van der Waals surface area contributed by atoms with E-state index in [1.807, 2.05) is 0 Å². The van der Waals surface area contributed by atoms with Crippen LogP contribution in [-0.2, 0) is 25.4 Å². The maximum Gasteiger partial charge on any atom is 0.298 e. The lowest BCUT2D eigenvalue weighted by atomic mass is 10.1. The lowest BCUT2D eigenvalue weighted by Gasteiger charge is -2.26. The second-order valence-corrected chi connectivity index (χ2v) is 8.25. The number of morpholine rings is 1. The summed E-state index contributed by atoms with van der Waals surface area (Å²) in [5, 5.41) is 0.720. The van der Waals surface area contributed by atoms with Crippen LogP contribution in [0, 0.1) is 0 Å². The smallest absolute Gasteiger partial charge is 0.298 e. The molecule has 156 valence electrons. The number of quaternary nitrogens is 1. The topological polar surface area (TPSA) is 65.3 Å². The van der Waals surface area contributed by atoms with Crippen molar-refractivity contribution in [3.8, 4) is 0 Å². The van der Waals surface area contributed by atoms with Crippen molar-refractivity contribution in [2.75, 3.05) is 57.5 Å². The van der Waals surface area contributed by atoms with Gasteiger partial charge in [-0.2, -0.15) is 0 Å². The number of carbonyl (C=O) groups excluding carboxylic acids is 1. The van der Waals surface area contributed by atoms with Gasteiger partial charge in [-0.25, -0.2) is 4.98 Å². The molecule has 0 unspecified atom stereocenters. The van der Waals surface area contributed by atoms with E-state index in [2.05, 4.69) is 25.1 Å². The van der Waals surface area contributed by atoms with E-state index in [0.29, 0.717) is 19.8 Å². The molecule has 3 heterocycles. The summed E-state index contributed by atoms with van der Waals surface area (Å²) in [5.74, 6) is 0.0729. The zero-order chi connectivity index (χ0) is 20.1. The molecule has 4 rings (SSSR count). The van der Waals surface area contributed by atoms with Gasteiger partial charge >= 0.3 is 0 Å². The SMILES string of the molecule is CCc1cccc2sc(N(CCC[NH+]3CCOCC3)C(=O)C3=COCCO3)nc12. The molecule has 0 aliphatic carbocycles. The Morgan fingerprint density at radius 3 is 2.86 bits per heavy atom. The Labute approximate surface area is 174 Å². The monoisotopic (exact) mass is 418 g/mol. The van der Waals surface area contributed by atoms with E-state index in [-0.39, 0.29) is 11.7 Å². The van der Waals surface area contributed by atoms with Crippen molar-refractivity contribution in [1.29, 1.82) is 0 Å². The van der Waals surface area contributed by atoms with Crippen LogP contribution in [-0.4, -0.2) is 63.5 Å². The molecule has 1 aromatic carbocycles. The first-order valence-electron chi connectivity index (χ1n) is 10.3. The average Bonchev–Trinajstić information content (AvgIpc) is 3.21. The van der Waals surface area contributed by atoms with Crippen LogP contribution in [0.2, 0.25) is 0 Å². The minimum Gasteiger partial charge on any atom is -0.494 e. The standard InChI is InChI=1S/C21H27N3O4S/c1-2-16-5-3-6-18-19(16)22-21(29-18)24(20(25)17-15-27-13-14-28-17)8-4-7-23-9-11-26-12-10-23/h3,5-6,15H,2,4,7-14H2,1H3/p+1. The molecule has 0 bridgehead atoms. The number of amides is 1. The fourth-order valence-electron chi connectivity index (χ4n) is 3.69. The summed E-state index contributed by atoms with van der Waals surface area (Å²) < 4.78 is 17.4. The first kappa shape index (κ1) is 20.1. The number of hydrogen-bond acceptors (Lipinski definition) is 6.